The molecule has 13 heteroatoms. The number of para-hydroxylation sites is 1. The van der Waals surface area contributed by atoms with E-state index in [4.69, 9.17) is 4.74 Å². The fraction of sp³-hybridized carbons (Fsp3) is 0.333. The monoisotopic (exact) mass is 660 g/mol. The predicted molar refractivity (Wildman–Crippen MR) is 176 cm³/mol. The molecular formula is C33H36N6O5S2. The van der Waals surface area contributed by atoms with Crippen LogP contribution in [0.1, 0.15) is 47.9 Å². The zero-order valence-electron chi connectivity index (χ0n) is 25.6. The molecule has 2 amide bonds. The van der Waals surface area contributed by atoms with Crippen LogP contribution in [0, 0.1) is 0 Å². The van der Waals surface area contributed by atoms with Gasteiger partial charge in [-0.05, 0) is 86.3 Å². The summed E-state index contributed by atoms with van der Waals surface area (Å²) in [6.45, 7) is 4.19. The average Bonchev–Trinajstić information content (AvgIpc) is 3.71. The lowest BCUT2D eigenvalue weighted by Crippen LogP contribution is -2.35. The van der Waals surface area contributed by atoms with E-state index < -0.39 is 10.0 Å². The molecule has 0 atom stereocenters. The number of benzene rings is 3. The largest absolute Gasteiger partial charge is 0.494 e. The summed E-state index contributed by atoms with van der Waals surface area (Å²) in [4.78, 5) is 28.3. The minimum atomic E-state index is -3.59. The van der Waals surface area contributed by atoms with Crippen LogP contribution in [0.3, 0.4) is 0 Å². The summed E-state index contributed by atoms with van der Waals surface area (Å²) >= 11 is 1.29. The van der Waals surface area contributed by atoms with Gasteiger partial charge in [0.05, 0.1) is 23.8 Å². The Kier molecular flexibility index (Phi) is 9.71. The quantitative estimate of drug-likeness (QED) is 0.234. The van der Waals surface area contributed by atoms with Gasteiger partial charge in [0, 0.05) is 36.6 Å². The van der Waals surface area contributed by atoms with Crippen LogP contribution in [-0.2, 0) is 27.8 Å². The number of nitrogens with zero attached hydrogens (tertiary/aromatic N) is 5. The van der Waals surface area contributed by atoms with E-state index in [2.05, 4.69) is 15.5 Å². The van der Waals surface area contributed by atoms with Crippen molar-refractivity contribution in [3.05, 3.63) is 89.7 Å². The summed E-state index contributed by atoms with van der Waals surface area (Å²) in [5, 5.41) is 12.1. The lowest BCUT2D eigenvalue weighted by Gasteiger charge is -2.25. The molecule has 0 radical (unpaired) electrons. The van der Waals surface area contributed by atoms with E-state index in [0.717, 1.165) is 48.4 Å². The maximum atomic E-state index is 13.2. The number of piperidine rings is 1. The number of fused-ring (bicyclic) bond motifs is 1. The smallest absolute Gasteiger partial charge is 0.251 e. The van der Waals surface area contributed by atoms with Crippen LogP contribution in [0.2, 0.25) is 0 Å². The minimum Gasteiger partial charge on any atom is -0.494 e. The number of rotatable bonds is 11. The first-order valence-electron chi connectivity index (χ1n) is 15.4. The summed E-state index contributed by atoms with van der Waals surface area (Å²) in [5.74, 6) is 0.972. The fourth-order valence-corrected chi connectivity index (χ4v) is 8.09. The Morgan fingerprint density at radius 2 is 1.65 bits per heavy atom. The third kappa shape index (κ3) is 6.81. The maximum Gasteiger partial charge on any atom is 0.251 e. The van der Waals surface area contributed by atoms with Crippen molar-refractivity contribution in [2.75, 3.05) is 36.9 Å². The lowest BCUT2D eigenvalue weighted by atomic mass is 10.2. The van der Waals surface area contributed by atoms with Crippen molar-refractivity contribution >= 4 is 39.3 Å². The highest BCUT2D eigenvalue weighted by Crippen LogP contribution is 2.30. The number of carbonyl (C=O) groups is 2. The van der Waals surface area contributed by atoms with Gasteiger partial charge in [-0.25, -0.2) is 8.42 Å². The van der Waals surface area contributed by atoms with E-state index in [0.29, 0.717) is 42.8 Å². The van der Waals surface area contributed by atoms with Gasteiger partial charge in [-0.1, -0.05) is 36.4 Å². The van der Waals surface area contributed by atoms with Crippen molar-refractivity contribution in [2.24, 2.45) is 0 Å². The zero-order valence-corrected chi connectivity index (χ0v) is 27.2. The number of thioether (sulfide) groups is 1. The minimum absolute atomic E-state index is 0.0169. The van der Waals surface area contributed by atoms with E-state index in [-0.39, 0.29) is 29.0 Å². The number of ether oxygens (including phenoxy) is 1. The van der Waals surface area contributed by atoms with Gasteiger partial charge in [0.2, 0.25) is 15.9 Å². The SMILES string of the molecule is CCOc1ccc(-n2c(CNC(=O)c3ccc(S(=O)(=O)N4CCCCC4)cc3)nnc2SCC(=O)N2CCc3ccccc32)cc1. The third-order valence-corrected chi connectivity index (χ3v) is 10.9. The highest BCUT2D eigenvalue weighted by atomic mass is 32.2. The molecule has 1 fully saturated rings. The van der Waals surface area contributed by atoms with Gasteiger partial charge in [-0.3, -0.25) is 14.2 Å². The average molecular weight is 661 g/mol. The number of sulfonamides is 1. The number of hydrogen-bond acceptors (Lipinski definition) is 8. The van der Waals surface area contributed by atoms with E-state index in [1.807, 2.05) is 64.9 Å². The Labute approximate surface area is 273 Å². The van der Waals surface area contributed by atoms with Gasteiger partial charge in [0.1, 0.15) is 5.75 Å². The summed E-state index contributed by atoms with van der Waals surface area (Å²) < 4.78 is 34.9. The van der Waals surface area contributed by atoms with Crippen LogP contribution in [-0.4, -0.2) is 71.3 Å². The van der Waals surface area contributed by atoms with Crippen LogP contribution >= 0.6 is 11.8 Å². The normalized spacial score (nSPS) is 15.0. The first-order valence-corrected chi connectivity index (χ1v) is 17.8. The molecule has 3 heterocycles. The van der Waals surface area contributed by atoms with E-state index in [1.165, 1.54) is 40.3 Å². The molecule has 1 N–H and O–H groups in total. The molecule has 6 rings (SSSR count). The number of carbonyl (C=O) groups excluding carboxylic acids is 2. The molecule has 46 heavy (non-hydrogen) atoms. The second-order valence-electron chi connectivity index (χ2n) is 11.0. The van der Waals surface area contributed by atoms with Crippen LogP contribution in [0.15, 0.2) is 82.8 Å². The molecule has 0 aliphatic carbocycles. The molecule has 4 aromatic rings. The molecule has 1 aromatic heterocycles. The van der Waals surface area contributed by atoms with Gasteiger partial charge in [0.15, 0.2) is 11.0 Å². The maximum absolute atomic E-state index is 13.2. The van der Waals surface area contributed by atoms with Crippen molar-refractivity contribution in [3.63, 3.8) is 0 Å². The van der Waals surface area contributed by atoms with Crippen molar-refractivity contribution in [3.8, 4) is 11.4 Å². The molecule has 240 valence electrons. The van der Waals surface area contributed by atoms with E-state index in [1.54, 1.807) is 0 Å². The van der Waals surface area contributed by atoms with E-state index >= 15 is 0 Å². The number of hydrogen-bond donors (Lipinski definition) is 1. The van der Waals surface area contributed by atoms with Crippen LogP contribution in [0.4, 0.5) is 5.69 Å². The molecule has 3 aromatic carbocycles. The zero-order chi connectivity index (χ0) is 32.1. The first kappa shape index (κ1) is 31.8. The van der Waals surface area contributed by atoms with Crippen LogP contribution in [0.25, 0.3) is 5.69 Å². The van der Waals surface area contributed by atoms with Crippen LogP contribution in [0.5, 0.6) is 5.75 Å². The third-order valence-electron chi connectivity index (χ3n) is 8.10. The Bertz CT molecular complexity index is 1800. The Morgan fingerprint density at radius 1 is 0.913 bits per heavy atom. The highest BCUT2D eigenvalue weighted by molar-refractivity contribution is 7.99. The topological polar surface area (TPSA) is 127 Å². The van der Waals surface area contributed by atoms with E-state index in [9.17, 15) is 18.0 Å². The van der Waals surface area contributed by atoms with Crippen molar-refractivity contribution in [2.45, 2.75) is 49.2 Å². The van der Waals surface area contributed by atoms with Crippen molar-refractivity contribution < 1.29 is 22.7 Å². The molecule has 0 unspecified atom stereocenters. The molecule has 11 nitrogen and oxygen atoms in total. The summed E-state index contributed by atoms with van der Waals surface area (Å²) in [5.41, 5.74) is 3.19. The fourth-order valence-electron chi connectivity index (χ4n) is 5.72. The standard InChI is InChI=1S/C33H36N6O5S2/c1-2-44-27-14-12-26(13-15-27)39-30(35-36-33(39)45-23-31(40)38-21-18-24-8-4-5-9-29(24)38)22-34-32(41)25-10-16-28(17-11-25)46(42,43)37-19-6-3-7-20-37/h4-5,8-17H,2-3,6-7,18-23H2,1H3,(H,34,41). The van der Waals surface area contributed by atoms with Gasteiger partial charge in [0.25, 0.3) is 5.91 Å². The molecule has 1 saturated heterocycles. The number of anilines is 1. The second-order valence-corrected chi connectivity index (χ2v) is 13.9. The lowest BCUT2D eigenvalue weighted by molar-refractivity contribution is -0.116. The molecule has 0 saturated carbocycles. The predicted octanol–water partition coefficient (Wildman–Crippen LogP) is 4.45. The van der Waals surface area contributed by atoms with Gasteiger partial charge >= 0.3 is 0 Å². The molecular weight excluding hydrogens is 625 g/mol. The van der Waals surface area contributed by atoms with Gasteiger partial charge < -0.3 is 15.0 Å². The van der Waals surface area contributed by atoms with Crippen molar-refractivity contribution in [1.29, 1.82) is 0 Å². The summed E-state index contributed by atoms with van der Waals surface area (Å²) in [7, 11) is -3.59. The van der Waals surface area contributed by atoms with Gasteiger partial charge in [-0.2, -0.15) is 4.31 Å². The highest BCUT2D eigenvalue weighted by Gasteiger charge is 2.27. The molecule has 2 aliphatic heterocycles. The summed E-state index contributed by atoms with van der Waals surface area (Å²) in [6, 6.07) is 21.4. The molecule has 0 bridgehead atoms. The van der Waals surface area contributed by atoms with Gasteiger partial charge in [-0.15, -0.1) is 10.2 Å². The second kappa shape index (κ2) is 14.1. The van der Waals surface area contributed by atoms with Crippen LogP contribution < -0.4 is 15.0 Å². The Balaban J connectivity index is 1.17. The summed E-state index contributed by atoms with van der Waals surface area (Å²) in [6.07, 6.45) is 3.56. The molecule has 2 aliphatic rings. The number of aromatic nitrogens is 3. The first-order chi connectivity index (χ1) is 22.3. The molecule has 0 spiro atoms. The van der Waals surface area contributed by atoms with Crippen molar-refractivity contribution in [1.82, 2.24) is 24.4 Å². The number of nitrogens with one attached hydrogen (secondary N) is 1. The Morgan fingerprint density at radius 3 is 2.39 bits per heavy atom. The number of amides is 2. The Hall–Kier alpha value is -4.20.